The van der Waals surface area contributed by atoms with Crippen LogP contribution in [-0.4, -0.2) is 51.0 Å². The largest absolute Gasteiger partial charge is 0.394 e. The highest BCUT2D eigenvalue weighted by molar-refractivity contribution is 5.23. The molecule has 19 heavy (non-hydrogen) atoms. The van der Waals surface area contributed by atoms with Crippen molar-refractivity contribution in [1.29, 1.82) is 0 Å². The number of rotatable bonds is 3. The number of nitrogen functional groups attached to an aromatic ring is 1. The van der Waals surface area contributed by atoms with Gasteiger partial charge in [0.1, 0.15) is 11.9 Å². The highest BCUT2D eigenvalue weighted by atomic mass is 19.3. The van der Waals surface area contributed by atoms with E-state index in [1.165, 1.54) is 0 Å². The van der Waals surface area contributed by atoms with Crippen molar-refractivity contribution >= 4 is 5.82 Å². The fourth-order valence-corrected chi connectivity index (χ4v) is 1.54. The van der Waals surface area contributed by atoms with E-state index < -0.39 is 36.7 Å². The summed E-state index contributed by atoms with van der Waals surface area (Å²) in [4.78, 5) is 19.2. The summed E-state index contributed by atoms with van der Waals surface area (Å²) >= 11 is 0. The van der Waals surface area contributed by atoms with E-state index in [9.17, 15) is 18.7 Å². The van der Waals surface area contributed by atoms with Gasteiger partial charge in [-0.1, -0.05) is 0 Å². The minimum absolute atomic E-state index is 0.0998. The van der Waals surface area contributed by atoms with Gasteiger partial charge in [0.15, 0.2) is 6.10 Å². The van der Waals surface area contributed by atoms with Crippen LogP contribution in [0, 0.1) is 0 Å². The quantitative estimate of drug-likeness (QED) is 0.583. The summed E-state index contributed by atoms with van der Waals surface area (Å²) < 4.78 is 32.2. The third-order valence-electron chi connectivity index (χ3n) is 2.54. The fourth-order valence-electron chi connectivity index (χ4n) is 1.54. The van der Waals surface area contributed by atoms with Crippen LogP contribution in [0.2, 0.25) is 0 Å². The normalized spacial score (nSPS) is 29.4. The third-order valence-corrected chi connectivity index (χ3v) is 2.54. The molecule has 0 amide bonds. The van der Waals surface area contributed by atoms with Crippen LogP contribution in [0.25, 0.3) is 0 Å². The first-order chi connectivity index (χ1) is 8.86. The molecule has 1 aromatic rings. The van der Waals surface area contributed by atoms with Gasteiger partial charge in [0.2, 0.25) is 0 Å². The lowest BCUT2D eigenvalue weighted by Gasteiger charge is -2.20. The second-order valence-electron chi connectivity index (χ2n) is 3.87. The predicted octanol–water partition coefficient (Wildman–Crippen LogP) is -2.03. The summed E-state index contributed by atoms with van der Waals surface area (Å²) in [6.07, 6.45) is -4.97. The highest BCUT2D eigenvalue weighted by Crippen LogP contribution is 2.35. The Morgan fingerprint density at radius 3 is 2.84 bits per heavy atom. The lowest BCUT2D eigenvalue weighted by molar-refractivity contribution is -0.227. The summed E-state index contributed by atoms with van der Waals surface area (Å²) in [5, 5.41) is 18.0. The zero-order chi connectivity index (χ0) is 14.2. The minimum atomic E-state index is -3.78. The van der Waals surface area contributed by atoms with Crippen LogP contribution in [0.4, 0.5) is 14.6 Å². The van der Waals surface area contributed by atoms with Crippen LogP contribution >= 0.6 is 0 Å². The molecule has 10 heteroatoms. The van der Waals surface area contributed by atoms with Gasteiger partial charge in [0, 0.05) is 6.07 Å². The van der Waals surface area contributed by atoms with Gasteiger partial charge < -0.3 is 25.5 Å². The number of halogens is 2. The molecule has 1 aromatic heterocycles. The number of hydrogen-bond acceptors (Lipinski definition) is 7. The van der Waals surface area contributed by atoms with E-state index in [1.54, 1.807) is 0 Å². The van der Waals surface area contributed by atoms with Crippen molar-refractivity contribution in [2.75, 3.05) is 12.3 Å². The van der Waals surface area contributed by atoms with Crippen LogP contribution in [0.15, 0.2) is 17.1 Å². The van der Waals surface area contributed by atoms with Crippen LogP contribution in [0.3, 0.4) is 0 Å². The third kappa shape index (κ3) is 2.37. The summed E-state index contributed by atoms with van der Waals surface area (Å²) in [6.45, 7) is -0.814. The summed E-state index contributed by atoms with van der Waals surface area (Å²) in [5.74, 6) is -3.88. The molecule has 1 aliphatic rings. The lowest BCUT2D eigenvalue weighted by atomic mass is 10.1. The van der Waals surface area contributed by atoms with Crippen molar-refractivity contribution in [3.63, 3.8) is 0 Å². The second-order valence-corrected chi connectivity index (χ2v) is 3.87. The molecule has 0 aromatic carbocycles. The number of aliphatic hydroxyl groups excluding tert-OH is 2. The topological polar surface area (TPSA) is 120 Å². The van der Waals surface area contributed by atoms with E-state index in [2.05, 4.69) is 14.6 Å². The molecule has 0 radical (unpaired) electrons. The number of hydrogen-bond donors (Lipinski definition) is 3. The predicted molar refractivity (Wildman–Crippen MR) is 56.2 cm³/mol. The molecule has 0 spiro atoms. The van der Waals surface area contributed by atoms with Crippen molar-refractivity contribution < 1.29 is 28.6 Å². The van der Waals surface area contributed by atoms with E-state index in [4.69, 9.17) is 10.8 Å². The first-order valence-electron chi connectivity index (χ1n) is 5.20. The number of anilines is 1. The number of alkyl halides is 2. The first kappa shape index (κ1) is 13.6. The van der Waals surface area contributed by atoms with E-state index in [0.717, 1.165) is 12.3 Å². The van der Waals surface area contributed by atoms with Crippen molar-refractivity contribution in [2.45, 2.75) is 24.4 Å². The number of ether oxygens (including phenoxy) is 1. The zero-order valence-electron chi connectivity index (χ0n) is 9.44. The van der Waals surface area contributed by atoms with Gasteiger partial charge in [-0.25, -0.2) is 4.79 Å². The van der Waals surface area contributed by atoms with Gasteiger partial charge in [0.25, 0.3) is 6.29 Å². The number of aliphatic hydroxyl groups is 2. The molecule has 4 N–H and O–H groups in total. The second kappa shape index (κ2) is 4.72. The Balaban J connectivity index is 2.21. The smallest absolute Gasteiger partial charge is 0.382 e. The molecule has 106 valence electrons. The maximum Gasteiger partial charge on any atom is 0.382 e. The highest BCUT2D eigenvalue weighted by Gasteiger charge is 2.60. The molecule has 0 aliphatic carbocycles. The molecule has 0 bridgehead atoms. The van der Waals surface area contributed by atoms with Gasteiger partial charge in [-0.05, 0) is 0 Å². The molecule has 1 fully saturated rings. The Kier molecular flexibility index (Phi) is 3.39. The lowest BCUT2D eigenvalue weighted by Crippen LogP contribution is -2.46. The maximum absolute atomic E-state index is 13.6. The zero-order valence-corrected chi connectivity index (χ0v) is 9.44. The van der Waals surface area contributed by atoms with Gasteiger partial charge in [0.05, 0.1) is 12.8 Å². The Hall–Kier alpha value is -1.78. The van der Waals surface area contributed by atoms with E-state index in [1.807, 2.05) is 0 Å². The molecule has 0 unspecified atom stereocenters. The van der Waals surface area contributed by atoms with Crippen LogP contribution in [-0.2, 0) is 4.74 Å². The summed E-state index contributed by atoms with van der Waals surface area (Å²) in [7, 11) is 0. The Labute approximate surface area is 105 Å². The minimum Gasteiger partial charge on any atom is -0.394 e. The van der Waals surface area contributed by atoms with E-state index >= 15 is 0 Å². The summed E-state index contributed by atoms with van der Waals surface area (Å²) in [6, 6.07) is 1.16. The molecule has 1 saturated heterocycles. The Morgan fingerprint density at radius 2 is 2.32 bits per heavy atom. The summed E-state index contributed by atoms with van der Waals surface area (Å²) in [5.41, 5.74) is 4.21. The SMILES string of the molecule is Nc1ccn(O[C@@H]2O[C@H](CO)[C@@H](O)C2(F)F)c(=O)n1. The van der Waals surface area contributed by atoms with Crippen molar-refractivity contribution in [1.82, 2.24) is 9.71 Å². The Bertz CT molecular complexity index is 523. The monoisotopic (exact) mass is 279 g/mol. The molecule has 2 heterocycles. The van der Waals surface area contributed by atoms with Crippen LogP contribution in [0.1, 0.15) is 0 Å². The van der Waals surface area contributed by atoms with Gasteiger partial charge in [-0.15, -0.1) is 4.73 Å². The number of nitrogens with two attached hydrogens (primary N) is 1. The molecular formula is C9H11F2N3O5. The van der Waals surface area contributed by atoms with Crippen LogP contribution in [0.5, 0.6) is 0 Å². The molecule has 1 aliphatic heterocycles. The van der Waals surface area contributed by atoms with Gasteiger partial charge in [-0.3, -0.25) is 0 Å². The maximum atomic E-state index is 13.6. The van der Waals surface area contributed by atoms with Gasteiger partial charge >= 0.3 is 11.6 Å². The van der Waals surface area contributed by atoms with E-state index in [0.29, 0.717) is 4.73 Å². The number of nitrogens with zero attached hydrogens (tertiary/aromatic N) is 2. The number of aromatic nitrogens is 2. The fraction of sp³-hybridized carbons (Fsp3) is 0.556. The van der Waals surface area contributed by atoms with Crippen LogP contribution < -0.4 is 16.3 Å². The van der Waals surface area contributed by atoms with Crippen molar-refractivity contribution in [3.8, 4) is 0 Å². The molecule has 2 rings (SSSR count). The molecule has 0 saturated carbocycles. The molecule has 8 nitrogen and oxygen atoms in total. The van der Waals surface area contributed by atoms with Gasteiger partial charge in [-0.2, -0.15) is 13.8 Å². The molecule has 3 atom stereocenters. The van der Waals surface area contributed by atoms with Crippen molar-refractivity contribution in [2.24, 2.45) is 0 Å². The van der Waals surface area contributed by atoms with Crippen molar-refractivity contribution in [3.05, 3.63) is 22.7 Å². The Morgan fingerprint density at radius 1 is 1.63 bits per heavy atom. The molecular weight excluding hydrogens is 268 g/mol. The van der Waals surface area contributed by atoms with E-state index in [-0.39, 0.29) is 5.82 Å². The average Bonchev–Trinajstić information content (AvgIpc) is 2.56. The first-order valence-corrected chi connectivity index (χ1v) is 5.20. The average molecular weight is 279 g/mol. The standard InChI is InChI=1S/C9H11F2N3O5/c10-9(11)6(16)4(3-15)18-7(9)19-14-2-1-5(12)13-8(14)17/h1-2,4,6-7,15-16H,3H2,(H2,12,13,17)/t4-,6-,7+/m1/s1.